The van der Waals surface area contributed by atoms with Gasteiger partial charge in [0.05, 0.1) is 25.2 Å². The Balaban J connectivity index is 1.33. The summed E-state index contributed by atoms with van der Waals surface area (Å²) >= 11 is 10.1. The molecule has 2 amide bonds. The van der Waals surface area contributed by atoms with Gasteiger partial charge in [-0.1, -0.05) is 48.0 Å². The van der Waals surface area contributed by atoms with Gasteiger partial charge in [-0.25, -0.2) is 9.78 Å². The number of rotatable bonds is 8. The first-order chi connectivity index (χ1) is 21.9. The van der Waals surface area contributed by atoms with Crippen LogP contribution in [0.25, 0.3) is 0 Å². The highest BCUT2D eigenvalue weighted by Gasteiger charge is 2.42. The fourth-order valence-corrected chi connectivity index (χ4v) is 7.09. The number of benzene rings is 2. The summed E-state index contributed by atoms with van der Waals surface area (Å²) in [6.45, 7) is 2.95. The summed E-state index contributed by atoms with van der Waals surface area (Å²) in [5.41, 5.74) is 5.46. The molecule has 0 N–H and O–H groups in total. The topological polar surface area (TPSA) is 83.8 Å². The first kappa shape index (κ1) is 31.3. The number of fused-ring (bicyclic) bond motifs is 2. The fourth-order valence-electron chi connectivity index (χ4n) is 6.51. The molecule has 234 valence electrons. The smallest absolute Gasteiger partial charge is 0.410 e. The highest BCUT2D eigenvalue weighted by atomic mass is 79.9. The number of piperazine rings is 1. The van der Waals surface area contributed by atoms with E-state index in [2.05, 4.69) is 37.9 Å². The van der Waals surface area contributed by atoms with Crippen molar-refractivity contribution in [2.75, 3.05) is 33.3 Å². The lowest BCUT2D eigenvalue weighted by atomic mass is 9.95. The first-order valence-corrected chi connectivity index (χ1v) is 16.4. The van der Waals surface area contributed by atoms with Gasteiger partial charge < -0.3 is 14.2 Å². The van der Waals surface area contributed by atoms with Gasteiger partial charge in [0.1, 0.15) is 6.04 Å². The van der Waals surface area contributed by atoms with E-state index in [1.165, 1.54) is 12.7 Å². The number of amides is 2. The van der Waals surface area contributed by atoms with Crippen molar-refractivity contribution in [3.63, 3.8) is 0 Å². The van der Waals surface area contributed by atoms with Crippen LogP contribution in [0.3, 0.4) is 0 Å². The van der Waals surface area contributed by atoms with E-state index in [0.717, 1.165) is 52.7 Å². The van der Waals surface area contributed by atoms with Gasteiger partial charge in [-0.2, -0.15) is 0 Å². The molecule has 0 unspecified atom stereocenters. The molecule has 3 heterocycles. The van der Waals surface area contributed by atoms with E-state index in [9.17, 15) is 9.59 Å². The third-order valence-electron chi connectivity index (χ3n) is 8.69. The zero-order valence-electron chi connectivity index (χ0n) is 25.2. The number of carbonyl (C=O) groups excluding carboxylic acids is 2. The Kier molecular flexibility index (Phi) is 9.82. The van der Waals surface area contributed by atoms with Crippen molar-refractivity contribution >= 4 is 39.5 Å². The molecule has 11 heteroatoms. The number of pyridine rings is 1. The second kappa shape index (κ2) is 14.1. The molecule has 0 radical (unpaired) electrons. The van der Waals surface area contributed by atoms with E-state index >= 15 is 0 Å². The highest BCUT2D eigenvalue weighted by molar-refractivity contribution is 9.10. The van der Waals surface area contributed by atoms with Crippen LogP contribution >= 0.6 is 27.5 Å². The van der Waals surface area contributed by atoms with Gasteiger partial charge >= 0.3 is 6.09 Å². The minimum absolute atomic E-state index is 0.103. The Morgan fingerprint density at radius 2 is 1.91 bits per heavy atom. The molecule has 1 aliphatic carbocycles. The van der Waals surface area contributed by atoms with Crippen LogP contribution in [0, 0.1) is 0 Å². The lowest BCUT2D eigenvalue weighted by Crippen LogP contribution is -2.61. The van der Waals surface area contributed by atoms with Gasteiger partial charge in [-0.3, -0.25) is 19.6 Å². The molecule has 9 nitrogen and oxygen atoms in total. The highest BCUT2D eigenvalue weighted by Crippen LogP contribution is 2.38. The number of carbonyl (C=O) groups is 2. The van der Waals surface area contributed by atoms with Gasteiger partial charge in [0.2, 0.25) is 5.91 Å². The molecule has 2 aliphatic rings. The molecule has 0 bridgehead atoms. The molecule has 4 aromatic rings. The van der Waals surface area contributed by atoms with Crippen LogP contribution < -0.4 is 0 Å². The third kappa shape index (κ3) is 7.08. The SMILES string of the molecule is COC(=O)N1CCN([C@H]2c3ccc(Cl)cc3CCc3cc(Br)cnc32)C[C@@H]1C(=O)N(CCCn1ccnc1)Cc1ccccc1. The molecular formula is C34H36BrClN6O3. The molecule has 2 atom stereocenters. The number of methoxy groups -OCH3 is 1. The van der Waals surface area contributed by atoms with Crippen LogP contribution in [0.2, 0.25) is 5.02 Å². The van der Waals surface area contributed by atoms with Crippen molar-refractivity contribution in [2.45, 2.75) is 44.4 Å². The van der Waals surface area contributed by atoms with Crippen molar-refractivity contribution in [3.8, 4) is 0 Å². The normalized spacial score (nSPS) is 18.1. The third-order valence-corrected chi connectivity index (χ3v) is 9.36. The van der Waals surface area contributed by atoms with Crippen LogP contribution in [0.4, 0.5) is 4.79 Å². The molecule has 6 rings (SSSR count). The van der Waals surface area contributed by atoms with Gasteiger partial charge in [-0.05, 0) is 75.6 Å². The standard InChI is InChI=1S/C34H36BrClN6O3/c1-45-34(44)42-17-16-40(32-29-11-10-28(36)19-25(29)8-9-26-18-27(35)20-38-31(26)32)22-30(42)33(43)41(21-24-6-3-2-4-7-24)14-5-13-39-15-12-37-23-39/h2-4,6-7,10-12,15,18-20,23,30,32H,5,8-9,13-14,16-17,21-22H2,1H3/t30-,32+/m1/s1. The summed E-state index contributed by atoms with van der Waals surface area (Å²) in [5, 5.41) is 0.698. The predicted molar refractivity (Wildman–Crippen MR) is 176 cm³/mol. The molecule has 1 aliphatic heterocycles. The number of hydrogen-bond acceptors (Lipinski definition) is 6. The average Bonchev–Trinajstić information content (AvgIpc) is 3.53. The number of nitrogens with zero attached hydrogens (tertiary/aromatic N) is 6. The van der Waals surface area contributed by atoms with E-state index in [1.807, 2.05) is 64.3 Å². The summed E-state index contributed by atoms with van der Waals surface area (Å²) in [4.78, 5) is 42.5. The Morgan fingerprint density at radius 1 is 1.09 bits per heavy atom. The lowest BCUT2D eigenvalue weighted by molar-refractivity contribution is -0.139. The van der Waals surface area contributed by atoms with Crippen molar-refractivity contribution < 1.29 is 14.3 Å². The Labute approximate surface area is 276 Å². The number of aryl methyl sites for hydroxylation is 3. The molecule has 1 fully saturated rings. The lowest BCUT2D eigenvalue weighted by Gasteiger charge is -2.44. The first-order valence-electron chi connectivity index (χ1n) is 15.2. The van der Waals surface area contributed by atoms with Gasteiger partial charge in [0, 0.05) is 67.4 Å². The second-order valence-electron chi connectivity index (χ2n) is 11.5. The molecule has 2 aromatic heterocycles. The quantitative estimate of drug-likeness (QED) is 0.234. The molecular weight excluding hydrogens is 656 g/mol. The zero-order valence-corrected chi connectivity index (χ0v) is 27.5. The minimum Gasteiger partial charge on any atom is -0.453 e. The monoisotopic (exact) mass is 690 g/mol. The maximum absolute atomic E-state index is 14.6. The van der Waals surface area contributed by atoms with Gasteiger partial charge in [0.15, 0.2) is 0 Å². The van der Waals surface area contributed by atoms with Crippen LogP contribution in [-0.2, 0) is 35.5 Å². The minimum atomic E-state index is -0.735. The molecule has 45 heavy (non-hydrogen) atoms. The van der Waals surface area contributed by atoms with Gasteiger partial charge in [0.25, 0.3) is 0 Å². The number of hydrogen-bond donors (Lipinski definition) is 0. The number of halogens is 2. The second-order valence-corrected chi connectivity index (χ2v) is 12.9. The van der Waals surface area contributed by atoms with E-state index in [4.69, 9.17) is 21.3 Å². The maximum atomic E-state index is 14.6. The summed E-state index contributed by atoms with van der Waals surface area (Å²) in [7, 11) is 1.37. The largest absolute Gasteiger partial charge is 0.453 e. The number of imidazole rings is 1. The number of ether oxygens (including phenoxy) is 1. The van der Waals surface area contributed by atoms with Crippen LogP contribution in [-0.4, -0.2) is 80.6 Å². The summed E-state index contributed by atoms with van der Waals surface area (Å²) in [6.07, 6.45) is 9.20. The van der Waals surface area contributed by atoms with Crippen molar-refractivity contribution in [1.29, 1.82) is 0 Å². The summed E-state index contributed by atoms with van der Waals surface area (Å²) in [5.74, 6) is -0.103. The molecule has 0 saturated carbocycles. The van der Waals surface area contributed by atoms with Crippen LogP contribution in [0.15, 0.2) is 84.0 Å². The summed E-state index contributed by atoms with van der Waals surface area (Å²) < 4.78 is 8.13. The Hall–Kier alpha value is -3.73. The van der Waals surface area contributed by atoms with E-state index in [1.54, 1.807) is 17.4 Å². The summed E-state index contributed by atoms with van der Waals surface area (Å²) in [6, 6.07) is 17.2. The number of aromatic nitrogens is 3. The predicted octanol–water partition coefficient (Wildman–Crippen LogP) is 5.75. The van der Waals surface area contributed by atoms with Crippen molar-refractivity contribution in [1.82, 2.24) is 29.2 Å². The van der Waals surface area contributed by atoms with E-state index < -0.39 is 12.1 Å². The Bertz CT molecular complexity index is 1580. The van der Waals surface area contributed by atoms with Crippen molar-refractivity contribution in [3.05, 3.63) is 117 Å². The zero-order chi connectivity index (χ0) is 31.3. The van der Waals surface area contributed by atoms with E-state index in [0.29, 0.717) is 37.7 Å². The van der Waals surface area contributed by atoms with E-state index in [-0.39, 0.29) is 11.9 Å². The van der Waals surface area contributed by atoms with Crippen LogP contribution in [0.5, 0.6) is 0 Å². The fraction of sp³-hybridized carbons (Fsp3) is 0.353. The van der Waals surface area contributed by atoms with Gasteiger partial charge in [-0.15, -0.1) is 0 Å². The molecule has 0 spiro atoms. The Morgan fingerprint density at radius 3 is 2.69 bits per heavy atom. The molecule has 2 aromatic carbocycles. The van der Waals surface area contributed by atoms with Crippen molar-refractivity contribution in [2.24, 2.45) is 0 Å². The average molecular weight is 692 g/mol. The van der Waals surface area contributed by atoms with Crippen LogP contribution in [0.1, 0.15) is 40.4 Å². The molecule has 1 saturated heterocycles. The maximum Gasteiger partial charge on any atom is 0.410 e.